The normalized spacial score (nSPS) is 13.1. The van der Waals surface area contributed by atoms with E-state index >= 15 is 0 Å². The van der Waals surface area contributed by atoms with Crippen LogP contribution in [-0.2, 0) is 10.0 Å². The second-order valence-electron chi connectivity index (χ2n) is 4.59. The van der Waals surface area contributed by atoms with Crippen molar-refractivity contribution < 1.29 is 8.42 Å². The van der Waals surface area contributed by atoms with Crippen LogP contribution in [0, 0.1) is 0 Å². The van der Waals surface area contributed by atoms with Crippen LogP contribution in [0.1, 0.15) is 18.5 Å². The van der Waals surface area contributed by atoms with E-state index in [1.165, 1.54) is 12.1 Å². The van der Waals surface area contributed by atoms with Crippen molar-refractivity contribution in [2.75, 3.05) is 0 Å². The minimum Gasteiger partial charge on any atom is -0.207 e. The SMILES string of the molecule is CC(NS(=O)(=O)c1cc(Cl)c(Cl)cc1Cl)c1ccc(Cl)cc1. The molecule has 22 heavy (non-hydrogen) atoms. The first-order chi connectivity index (χ1) is 10.2. The number of benzene rings is 2. The fourth-order valence-corrected chi connectivity index (χ4v) is 4.19. The van der Waals surface area contributed by atoms with Gasteiger partial charge in [-0.05, 0) is 36.8 Å². The van der Waals surface area contributed by atoms with Crippen LogP contribution >= 0.6 is 46.4 Å². The van der Waals surface area contributed by atoms with Crippen molar-refractivity contribution in [1.29, 1.82) is 0 Å². The maximum absolute atomic E-state index is 12.4. The lowest BCUT2D eigenvalue weighted by molar-refractivity contribution is 0.567. The van der Waals surface area contributed by atoms with E-state index in [-0.39, 0.29) is 20.0 Å². The highest BCUT2D eigenvalue weighted by molar-refractivity contribution is 7.89. The van der Waals surface area contributed by atoms with E-state index in [0.29, 0.717) is 5.02 Å². The molecule has 3 nitrogen and oxygen atoms in total. The molecular formula is C14H11Cl4NO2S. The third kappa shape index (κ3) is 4.07. The molecule has 0 aliphatic heterocycles. The summed E-state index contributed by atoms with van der Waals surface area (Å²) in [6.07, 6.45) is 0. The zero-order valence-electron chi connectivity index (χ0n) is 11.3. The van der Waals surface area contributed by atoms with E-state index < -0.39 is 16.1 Å². The zero-order chi connectivity index (χ0) is 16.5. The van der Waals surface area contributed by atoms with Gasteiger partial charge in [0.25, 0.3) is 0 Å². The molecule has 1 unspecified atom stereocenters. The monoisotopic (exact) mass is 397 g/mol. The van der Waals surface area contributed by atoms with Crippen molar-refractivity contribution in [3.8, 4) is 0 Å². The Labute approximate surface area is 149 Å². The molecule has 0 spiro atoms. The minimum absolute atomic E-state index is 0.00482. The van der Waals surface area contributed by atoms with Crippen molar-refractivity contribution >= 4 is 56.4 Å². The molecule has 0 aromatic heterocycles. The molecule has 0 amide bonds. The van der Waals surface area contributed by atoms with E-state index in [2.05, 4.69) is 4.72 Å². The van der Waals surface area contributed by atoms with Crippen LogP contribution in [0.5, 0.6) is 0 Å². The summed E-state index contributed by atoms with van der Waals surface area (Å²) >= 11 is 23.4. The van der Waals surface area contributed by atoms with Gasteiger partial charge < -0.3 is 0 Å². The average Bonchev–Trinajstić information content (AvgIpc) is 2.42. The van der Waals surface area contributed by atoms with Gasteiger partial charge in [-0.25, -0.2) is 13.1 Å². The quantitative estimate of drug-likeness (QED) is 0.706. The number of halogens is 4. The molecule has 0 saturated heterocycles. The Bertz CT molecular complexity index is 791. The smallest absolute Gasteiger partial charge is 0.207 e. The van der Waals surface area contributed by atoms with Gasteiger partial charge >= 0.3 is 0 Å². The molecule has 0 saturated carbocycles. The summed E-state index contributed by atoms with van der Waals surface area (Å²) in [6, 6.07) is 8.92. The third-order valence-corrected chi connectivity index (χ3v) is 5.95. The molecule has 118 valence electrons. The van der Waals surface area contributed by atoms with Gasteiger partial charge in [0.15, 0.2) is 0 Å². The molecule has 0 aliphatic carbocycles. The Morgan fingerprint density at radius 3 is 2.05 bits per heavy atom. The van der Waals surface area contributed by atoms with Gasteiger partial charge in [0.05, 0.1) is 15.1 Å². The van der Waals surface area contributed by atoms with Gasteiger partial charge in [-0.1, -0.05) is 58.5 Å². The summed E-state index contributed by atoms with van der Waals surface area (Å²) in [5.74, 6) is 0. The van der Waals surface area contributed by atoms with Gasteiger partial charge in [0.1, 0.15) is 4.90 Å². The summed E-state index contributed by atoms with van der Waals surface area (Å²) in [6.45, 7) is 1.71. The molecule has 0 heterocycles. The maximum atomic E-state index is 12.4. The molecule has 1 N–H and O–H groups in total. The minimum atomic E-state index is -3.85. The lowest BCUT2D eigenvalue weighted by Gasteiger charge is -2.16. The standard InChI is InChI=1S/C14H11Cl4NO2S/c1-8(9-2-4-10(15)5-3-9)19-22(20,21)14-7-12(17)11(16)6-13(14)18/h2-8,19H,1H3. The second-order valence-corrected chi connectivity index (χ2v) is 7.93. The number of hydrogen-bond donors (Lipinski definition) is 1. The summed E-state index contributed by atoms with van der Waals surface area (Å²) in [7, 11) is -3.85. The second kappa shape index (κ2) is 6.95. The molecule has 2 aromatic carbocycles. The number of nitrogens with one attached hydrogen (secondary N) is 1. The fourth-order valence-electron chi connectivity index (χ4n) is 1.83. The predicted octanol–water partition coefficient (Wildman–Crippen LogP) is 5.34. The Hall–Kier alpha value is -0.490. The molecule has 8 heteroatoms. The molecule has 0 radical (unpaired) electrons. The molecule has 2 aromatic rings. The van der Waals surface area contributed by atoms with E-state index in [9.17, 15) is 8.42 Å². The predicted molar refractivity (Wildman–Crippen MR) is 91.7 cm³/mol. The van der Waals surface area contributed by atoms with E-state index in [0.717, 1.165) is 5.56 Å². The molecule has 0 aliphatic rings. The van der Waals surface area contributed by atoms with Gasteiger partial charge in [-0.3, -0.25) is 0 Å². The van der Waals surface area contributed by atoms with Crippen LogP contribution in [-0.4, -0.2) is 8.42 Å². The molecule has 0 fully saturated rings. The first-order valence-electron chi connectivity index (χ1n) is 6.13. The zero-order valence-corrected chi connectivity index (χ0v) is 15.1. The average molecular weight is 399 g/mol. The lowest BCUT2D eigenvalue weighted by atomic mass is 10.1. The summed E-state index contributed by atoms with van der Waals surface area (Å²) < 4.78 is 27.4. The van der Waals surface area contributed by atoms with Crippen molar-refractivity contribution in [1.82, 2.24) is 4.72 Å². The maximum Gasteiger partial charge on any atom is 0.242 e. The van der Waals surface area contributed by atoms with Crippen molar-refractivity contribution in [2.45, 2.75) is 17.9 Å². The van der Waals surface area contributed by atoms with Crippen LogP contribution < -0.4 is 4.72 Å². The van der Waals surface area contributed by atoms with Gasteiger partial charge in [-0.15, -0.1) is 0 Å². The summed E-state index contributed by atoms with van der Waals surface area (Å²) in [5, 5.41) is 0.887. The van der Waals surface area contributed by atoms with Crippen LogP contribution in [0.25, 0.3) is 0 Å². The summed E-state index contributed by atoms with van der Waals surface area (Å²) in [5.41, 5.74) is 0.768. The lowest BCUT2D eigenvalue weighted by Crippen LogP contribution is -2.27. The van der Waals surface area contributed by atoms with Crippen LogP contribution in [0.3, 0.4) is 0 Å². The first kappa shape index (κ1) is 17.9. The Balaban J connectivity index is 2.31. The third-order valence-electron chi connectivity index (χ3n) is 2.97. The Kier molecular flexibility index (Phi) is 5.64. The van der Waals surface area contributed by atoms with Crippen molar-refractivity contribution in [3.05, 3.63) is 62.1 Å². The van der Waals surface area contributed by atoms with Crippen molar-refractivity contribution in [3.63, 3.8) is 0 Å². The molecule has 1 atom stereocenters. The summed E-state index contributed by atoms with van der Waals surface area (Å²) in [4.78, 5) is -0.121. The highest BCUT2D eigenvalue weighted by Gasteiger charge is 2.22. The van der Waals surface area contributed by atoms with Crippen LogP contribution in [0.2, 0.25) is 20.1 Å². The van der Waals surface area contributed by atoms with E-state index in [4.69, 9.17) is 46.4 Å². The largest absolute Gasteiger partial charge is 0.242 e. The molecular weight excluding hydrogens is 388 g/mol. The topological polar surface area (TPSA) is 46.2 Å². The van der Waals surface area contributed by atoms with Gasteiger partial charge in [0.2, 0.25) is 10.0 Å². The molecule has 0 bridgehead atoms. The van der Waals surface area contributed by atoms with Gasteiger partial charge in [-0.2, -0.15) is 0 Å². The van der Waals surface area contributed by atoms with E-state index in [1.54, 1.807) is 31.2 Å². The van der Waals surface area contributed by atoms with E-state index in [1.807, 2.05) is 0 Å². The number of hydrogen-bond acceptors (Lipinski definition) is 2. The van der Waals surface area contributed by atoms with Crippen LogP contribution in [0.4, 0.5) is 0 Å². The molecule has 2 rings (SSSR count). The Morgan fingerprint density at radius 1 is 0.909 bits per heavy atom. The number of rotatable bonds is 4. The van der Waals surface area contributed by atoms with Crippen LogP contribution in [0.15, 0.2) is 41.3 Å². The van der Waals surface area contributed by atoms with Gasteiger partial charge in [0, 0.05) is 11.1 Å². The number of sulfonamides is 1. The first-order valence-corrected chi connectivity index (χ1v) is 9.12. The highest BCUT2D eigenvalue weighted by atomic mass is 35.5. The van der Waals surface area contributed by atoms with Crippen molar-refractivity contribution in [2.24, 2.45) is 0 Å². The highest BCUT2D eigenvalue weighted by Crippen LogP contribution is 2.32. The fraction of sp³-hybridized carbons (Fsp3) is 0.143. The Morgan fingerprint density at radius 2 is 1.45 bits per heavy atom.